The molecule has 0 radical (unpaired) electrons. The Balaban J connectivity index is 1.73. The topological polar surface area (TPSA) is 183 Å². The zero-order valence-corrected chi connectivity index (χ0v) is 24.8. The molecule has 15 heteroatoms. The lowest BCUT2D eigenvalue weighted by Crippen LogP contribution is -2.46. The van der Waals surface area contributed by atoms with E-state index in [1.165, 1.54) is 49.7 Å². The Labute approximate surface area is 243 Å². The van der Waals surface area contributed by atoms with E-state index in [9.17, 15) is 31.7 Å². The Morgan fingerprint density at radius 1 is 1.00 bits per heavy atom. The summed E-state index contributed by atoms with van der Waals surface area (Å²) in [6.45, 7) is 5.52. The van der Waals surface area contributed by atoms with Crippen molar-refractivity contribution in [3.8, 4) is 11.5 Å². The lowest BCUT2D eigenvalue weighted by atomic mass is 10.0. The van der Waals surface area contributed by atoms with Gasteiger partial charge in [0.05, 0.1) is 23.1 Å². The van der Waals surface area contributed by atoms with Crippen molar-refractivity contribution in [2.24, 2.45) is 11.0 Å². The highest BCUT2D eigenvalue weighted by Gasteiger charge is 2.26. The van der Waals surface area contributed by atoms with Crippen LogP contribution in [0.3, 0.4) is 0 Å². The zero-order chi connectivity index (χ0) is 31.1. The maximum atomic E-state index is 12.9. The number of hydrogen-bond donors (Lipinski definition) is 2. The quantitative estimate of drug-likeness (QED) is 0.125. The van der Waals surface area contributed by atoms with Gasteiger partial charge in [-0.15, -0.1) is 0 Å². The van der Waals surface area contributed by atoms with Gasteiger partial charge in [-0.05, 0) is 61.2 Å². The van der Waals surface area contributed by atoms with Gasteiger partial charge < -0.3 is 8.92 Å². The molecule has 0 spiro atoms. The number of benzene rings is 3. The Kier molecular flexibility index (Phi) is 10.4. The monoisotopic (exact) mass is 618 g/mol. The Hall–Kier alpha value is -4.34. The second kappa shape index (κ2) is 13.5. The largest absolute Gasteiger partial charge is 0.493 e. The number of carbonyl (C=O) groups excluding carboxylic acids is 1. The molecule has 2 N–H and O–H groups in total. The fourth-order valence-corrected chi connectivity index (χ4v) is 5.84. The number of sulfonamides is 1. The number of nitrogens with zero attached hydrogens (tertiary/aromatic N) is 2. The first-order chi connectivity index (χ1) is 19.7. The standard InChI is InChI=1S/C27H30N4O9S2/c1-18(2)14-24(30-41(35,36)22-11-8-19(3)9-12-22)27(32)29-28-17-20-10-13-25(26(15-20)39-4)40-42(37,38)23-7-5-6-21(16-23)31(33)34/h5-13,15-18,24,30H,14H2,1-4H3,(H,29,32)/b28-17-/t24-/m0/s1. The summed E-state index contributed by atoms with van der Waals surface area (Å²) in [7, 11) is -7.13. The van der Waals surface area contributed by atoms with Crippen LogP contribution in [0.4, 0.5) is 5.69 Å². The molecular weight excluding hydrogens is 588 g/mol. The van der Waals surface area contributed by atoms with Crippen molar-refractivity contribution < 1.29 is 35.5 Å². The second-order valence-corrected chi connectivity index (χ2v) is 12.8. The van der Waals surface area contributed by atoms with E-state index in [-0.39, 0.29) is 28.7 Å². The van der Waals surface area contributed by atoms with E-state index in [1.807, 2.05) is 20.8 Å². The molecule has 3 aromatic carbocycles. The number of nitro groups is 1. The van der Waals surface area contributed by atoms with E-state index in [0.717, 1.165) is 23.8 Å². The maximum Gasteiger partial charge on any atom is 0.339 e. The first-order valence-electron chi connectivity index (χ1n) is 12.5. The molecule has 0 bridgehead atoms. The summed E-state index contributed by atoms with van der Waals surface area (Å²) in [5.74, 6) is -0.873. The molecule has 0 saturated carbocycles. The van der Waals surface area contributed by atoms with Crippen LogP contribution < -0.4 is 19.1 Å². The molecule has 224 valence electrons. The summed E-state index contributed by atoms with van der Waals surface area (Å²) in [6, 6.07) is 13.6. The highest BCUT2D eigenvalue weighted by Crippen LogP contribution is 2.31. The van der Waals surface area contributed by atoms with Crippen molar-refractivity contribution in [3.05, 3.63) is 88.0 Å². The molecule has 0 aromatic heterocycles. The highest BCUT2D eigenvalue weighted by molar-refractivity contribution is 7.89. The minimum atomic E-state index is -4.43. The molecule has 0 aliphatic rings. The van der Waals surface area contributed by atoms with Crippen LogP contribution >= 0.6 is 0 Å². The Bertz CT molecular complexity index is 1690. The SMILES string of the molecule is COc1cc(/C=N\NC(=O)[C@H](CC(C)C)NS(=O)(=O)c2ccc(C)cc2)ccc1OS(=O)(=O)c1cccc([N+](=O)[O-])c1. The number of rotatable bonds is 13. The number of non-ortho nitro benzene ring substituents is 1. The van der Waals surface area contributed by atoms with Gasteiger partial charge in [-0.25, -0.2) is 13.8 Å². The predicted octanol–water partition coefficient (Wildman–Crippen LogP) is 3.52. The van der Waals surface area contributed by atoms with Gasteiger partial charge in [0.15, 0.2) is 11.5 Å². The first kappa shape index (κ1) is 32.2. The van der Waals surface area contributed by atoms with Crippen molar-refractivity contribution in [1.82, 2.24) is 10.1 Å². The maximum absolute atomic E-state index is 12.9. The van der Waals surface area contributed by atoms with Crippen LogP contribution in [0.15, 0.2) is 81.6 Å². The molecular formula is C27H30N4O9S2. The van der Waals surface area contributed by atoms with Crippen molar-refractivity contribution >= 4 is 38.0 Å². The van der Waals surface area contributed by atoms with Crippen LogP contribution in [0.2, 0.25) is 0 Å². The second-order valence-electron chi connectivity index (χ2n) is 9.55. The van der Waals surface area contributed by atoms with Crippen LogP contribution in [0.5, 0.6) is 11.5 Å². The third-order valence-electron chi connectivity index (χ3n) is 5.74. The van der Waals surface area contributed by atoms with Gasteiger partial charge in [0.2, 0.25) is 10.0 Å². The number of ether oxygens (including phenoxy) is 1. The molecule has 42 heavy (non-hydrogen) atoms. The lowest BCUT2D eigenvalue weighted by Gasteiger charge is -2.19. The molecule has 0 fully saturated rings. The van der Waals surface area contributed by atoms with Gasteiger partial charge in [0.1, 0.15) is 10.9 Å². The normalized spacial score (nSPS) is 12.7. The van der Waals surface area contributed by atoms with Crippen LogP contribution in [0.1, 0.15) is 31.4 Å². The van der Waals surface area contributed by atoms with Crippen LogP contribution in [0.25, 0.3) is 0 Å². The van der Waals surface area contributed by atoms with Crippen LogP contribution in [-0.2, 0) is 24.9 Å². The number of hydrazone groups is 1. The van der Waals surface area contributed by atoms with Crippen LogP contribution in [-0.4, -0.2) is 47.0 Å². The molecule has 0 unspecified atom stereocenters. The van der Waals surface area contributed by atoms with Gasteiger partial charge in [-0.3, -0.25) is 14.9 Å². The summed E-state index contributed by atoms with van der Waals surface area (Å²) >= 11 is 0. The summed E-state index contributed by atoms with van der Waals surface area (Å²) in [5.41, 5.74) is 3.18. The van der Waals surface area contributed by atoms with E-state index in [2.05, 4.69) is 15.2 Å². The smallest absolute Gasteiger partial charge is 0.339 e. The molecule has 13 nitrogen and oxygen atoms in total. The number of nitrogens with one attached hydrogen (secondary N) is 2. The number of methoxy groups -OCH3 is 1. The molecule has 1 amide bonds. The average Bonchev–Trinajstić information content (AvgIpc) is 2.93. The predicted molar refractivity (Wildman–Crippen MR) is 154 cm³/mol. The number of nitro benzene ring substituents is 1. The van der Waals surface area contributed by atoms with E-state index in [1.54, 1.807) is 12.1 Å². The fourth-order valence-electron chi connectivity index (χ4n) is 3.65. The van der Waals surface area contributed by atoms with E-state index in [4.69, 9.17) is 8.92 Å². The minimum absolute atomic E-state index is 0.00262. The number of hydrogen-bond acceptors (Lipinski definition) is 10. The summed E-state index contributed by atoms with van der Waals surface area (Å²) < 4.78 is 63.9. The van der Waals surface area contributed by atoms with Crippen molar-refractivity contribution in [2.75, 3.05) is 7.11 Å². The summed E-state index contributed by atoms with van der Waals surface area (Å²) in [4.78, 5) is 22.7. The molecule has 1 atom stereocenters. The number of aryl methyl sites for hydroxylation is 1. The van der Waals surface area contributed by atoms with Crippen molar-refractivity contribution in [2.45, 2.75) is 43.0 Å². The molecule has 3 rings (SSSR count). The zero-order valence-electron chi connectivity index (χ0n) is 23.2. The first-order valence-corrected chi connectivity index (χ1v) is 15.4. The van der Waals surface area contributed by atoms with Crippen molar-refractivity contribution in [3.63, 3.8) is 0 Å². The number of carbonyl (C=O) groups is 1. The summed E-state index contributed by atoms with van der Waals surface area (Å²) in [6.07, 6.45) is 1.46. The van der Waals surface area contributed by atoms with Crippen LogP contribution in [0, 0.1) is 23.0 Å². The fraction of sp³-hybridized carbons (Fsp3) is 0.259. The summed E-state index contributed by atoms with van der Waals surface area (Å²) in [5, 5.41) is 14.9. The van der Waals surface area contributed by atoms with Gasteiger partial charge in [-0.1, -0.05) is 37.6 Å². The third kappa shape index (κ3) is 8.58. The van der Waals surface area contributed by atoms with Gasteiger partial charge in [-0.2, -0.15) is 18.2 Å². The van der Waals surface area contributed by atoms with Gasteiger partial charge in [0.25, 0.3) is 11.6 Å². The minimum Gasteiger partial charge on any atom is -0.493 e. The Morgan fingerprint density at radius 2 is 1.69 bits per heavy atom. The third-order valence-corrected chi connectivity index (χ3v) is 8.46. The van der Waals surface area contributed by atoms with Crippen molar-refractivity contribution in [1.29, 1.82) is 0 Å². The Morgan fingerprint density at radius 3 is 2.31 bits per heavy atom. The molecule has 0 aliphatic heterocycles. The number of amides is 1. The highest BCUT2D eigenvalue weighted by atomic mass is 32.2. The van der Waals surface area contributed by atoms with Gasteiger partial charge >= 0.3 is 10.1 Å². The van der Waals surface area contributed by atoms with E-state index < -0.39 is 47.6 Å². The average molecular weight is 619 g/mol. The van der Waals surface area contributed by atoms with E-state index >= 15 is 0 Å². The van der Waals surface area contributed by atoms with Gasteiger partial charge in [0, 0.05) is 12.1 Å². The molecule has 0 saturated heterocycles. The molecule has 0 heterocycles. The molecule has 0 aliphatic carbocycles. The van der Waals surface area contributed by atoms with E-state index in [0.29, 0.717) is 5.56 Å². The molecule has 3 aromatic rings. The lowest BCUT2D eigenvalue weighted by molar-refractivity contribution is -0.385.